The smallest absolute Gasteiger partial charge is 0.309 e. The molecule has 0 unspecified atom stereocenters. The summed E-state index contributed by atoms with van der Waals surface area (Å²) in [6, 6.07) is 2.31. The van der Waals surface area contributed by atoms with Crippen LogP contribution in [0.1, 0.15) is 53.0 Å². The van der Waals surface area contributed by atoms with Gasteiger partial charge in [-0.25, -0.2) is 9.50 Å². The minimum absolute atomic E-state index is 0.0532. The van der Waals surface area contributed by atoms with Crippen molar-refractivity contribution in [1.29, 1.82) is 0 Å². The zero-order chi connectivity index (χ0) is 19.1. The number of carbonyl (C=O) groups excluding carboxylic acids is 1. The average Bonchev–Trinajstić information content (AvgIpc) is 2.90. The molecule has 0 bridgehead atoms. The average molecular weight is 423 g/mol. The SMILES string of the molecule is CCc1cc(Br)n2ncnc(N3CC[C@H](C(=O)OC(C)(C)C)C[C@@H]3C)c12. The Morgan fingerprint density at radius 2 is 2.15 bits per heavy atom. The molecule has 7 heteroatoms. The van der Waals surface area contributed by atoms with E-state index in [4.69, 9.17) is 4.74 Å². The molecule has 0 N–H and O–H groups in total. The molecule has 0 radical (unpaired) electrons. The number of fused-ring (bicyclic) bond motifs is 1. The number of piperidine rings is 1. The van der Waals surface area contributed by atoms with E-state index in [0.29, 0.717) is 0 Å². The van der Waals surface area contributed by atoms with Gasteiger partial charge in [-0.3, -0.25) is 4.79 Å². The molecule has 0 spiro atoms. The van der Waals surface area contributed by atoms with Crippen LogP contribution in [-0.4, -0.2) is 38.8 Å². The highest BCUT2D eigenvalue weighted by Gasteiger charge is 2.34. The van der Waals surface area contributed by atoms with E-state index < -0.39 is 5.60 Å². The van der Waals surface area contributed by atoms with Crippen LogP contribution in [0.3, 0.4) is 0 Å². The van der Waals surface area contributed by atoms with Crippen LogP contribution in [0.5, 0.6) is 0 Å². The molecule has 1 fully saturated rings. The lowest BCUT2D eigenvalue weighted by atomic mass is 9.91. The molecule has 0 aromatic carbocycles. The first kappa shape index (κ1) is 19.1. The number of hydrogen-bond acceptors (Lipinski definition) is 5. The number of esters is 1. The quantitative estimate of drug-likeness (QED) is 0.699. The fourth-order valence-corrected chi connectivity index (χ4v) is 4.17. The summed E-state index contributed by atoms with van der Waals surface area (Å²) >= 11 is 3.58. The highest BCUT2D eigenvalue weighted by molar-refractivity contribution is 9.10. The van der Waals surface area contributed by atoms with E-state index >= 15 is 0 Å². The lowest BCUT2D eigenvalue weighted by molar-refractivity contribution is -0.161. The van der Waals surface area contributed by atoms with Crippen LogP contribution in [0.25, 0.3) is 5.52 Å². The Hall–Kier alpha value is -1.63. The highest BCUT2D eigenvalue weighted by atomic mass is 79.9. The first-order chi connectivity index (χ1) is 12.2. The molecule has 2 aromatic heterocycles. The summed E-state index contributed by atoms with van der Waals surface area (Å²) in [5, 5.41) is 4.37. The van der Waals surface area contributed by atoms with Crippen molar-refractivity contribution in [2.24, 2.45) is 5.92 Å². The van der Waals surface area contributed by atoms with Crippen molar-refractivity contribution < 1.29 is 9.53 Å². The second-order valence-electron chi connectivity index (χ2n) is 7.99. The van der Waals surface area contributed by atoms with Crippen molar-refractivity contribution in [3.63, 3.8) is 0 Å². The largest absolute Gasteiger partial charge is 0.460 e. The summed E-state index contributed by atoms with van der Waals surface area (Å²) in [5.41, 5.74) is 1.82. The number of aryl methyl sites for hydroxylation is 1. The van der Waals surface area contributed by atoms with Crippen molar-refractivity contribution in [1.82, 2.24) is 14.6 Å². The van der Waals surface area contributed by atoms with Crippen LogP contribution in [0, 0.1) is 5.92 Å². The normalized spacial score (nSPS) is 21.2. The van der Waals surface area contributed by atoms with Crippen LogP contribution in [-0.2, 0) is 16.0 Å². The van der Waals surface area contributed by atoms with E-state index in [1.807, 2.05) is 25.3 Å². The molecule has 3 rings (SSSR count). The van der Waals surface area contributed by atoms with Crippen molar-refractivity contribution in [2.45, 2.75) is 65.5 Å². The van der Waals surface area contributed by atoms with Gasteiger partial charge in [0.1, 0.15) is 22.0 Å². The Bertz CT molecular complexity index is 812. The molecule has 6 nitrogen and oxygen atoms in total. The van der Waals surface area contributed by atoms with Crippen molar-refractivity contribution in [2.75, 3.05) is 11.4 Å². The molecule has 0 aliphatic carbocycles. The molecule has 2 atom stereocenters. The Kier molecular flexibility index (Phi) is 5.28. The number of halogens is 1. The predicted octanol–water partition coefficient (Wildman–Crippen LogP) is 4.00. The van der Waals surface area contributed by atoms with Gasteiger partial charge in [-0.05, 0) is 74.5 Å². The van der Waals surface area contributed by atoms with Crippen LogP contribution >= 0.6 is 15.9 Å². The van der Waals surface area contributed by atoms with E-state index in [2.05, 4.69) is 50.8 Å². The summed E-state index contributed by atoms with van der Waals surface area (Å²) in [6.07, 6.45) is 4.06. The van der Waals surface area contributed by atoms with Crippen LogP contribution < -0.4 is 4.90 Å². The maximum atomic E-state index is 12.4. The zero-order valence-electron chi connectivity index (χ0n) is 16.1. The van der Waals surface area contributed by atoms with Gasteiger partial charge < -0.3 is 9.64 Å². The van der Waals surface area contributed by atoms with Crippen LogP contribution in [0.4, 0.5) is 5.82 Å². The van der Waals surface area contributed by atoms with Gasteiger partial charge >= 0.3 is 5.97 Å². The lowest BCUT2D eigenvalue weighted by Crippen LogP contribution is -2.44. The third kappa shape index (κ3) is 3.72. The Morgan fingerprint density at radius 3 is 2.77 bits per heavy atom. The number of hydrogen-bond donors (Lipinski definition) is 0. The molecule has 1 saturated heterocycles. The highest BCUT2D eigenvalue weighted by Crippen LogP contribution is 2.33. The summed E-state index contributed by atoms with van der Waals surface area (Å²) < 4.78 is 8.41. The van der Waals surface area contributed by atoms with Gasteiger partial charge in [0, 0.05) is 12.6 Å². The summed E-state index contributed by atoms with van der Waals surface area (Å²) in [5.74, 6) is 0.803. The molecule has 2 aromatic rings. The number of carbonyl (C=O) groups is 1. The standard InChI is InChI=1S/C19H27BrN4O2/c1-6-13-10-15(20)24-16(13)17(21-11-22-24)23-8-7-14(9-12(23)2)18(25)26-19(3,4)5/h10-12,14H,6-9H2,1-5H3/t12-,14-/m0/s1. The van der Waals surface area contributed by atoms with Crippen molar-refractivity contribution >= 4 is 33.2 Å². The summed E-state index contributed by atoms with van der Waals surface area (Å²) in [7, 11) is 0. The monoisotopic (exact) mass is 422 g/mol. The van der Waals surface area contributed by atoms with Gasteiger partial charge in [0.2, 0.25) is 0 Å². The van der Waals surface area contributed by atoms with Gasteiger partial charge in [-0.1, -0.05) is 6.92 Å². The maximum absolute atomic E-state index is 12.4. The first-order valence-corrected chi connectivity index (χ1v) is 10.0. The molecule has 26 heavy (non-hydrogen) atoms. The summed E-state index contributed by atoms with van der Waals surface area (Å²) in [6.45, 7) is 10.8. The van der Waals surface area contributed by atoms with Crippen LogP contribution in [0.15, 0.2) is 17.0 Å². The van der Waals surface area contributed by atoms with E-state index in [9.17, 15) is 4.79 Å². The van der Waals surface area contributed by atoms with E-state index in [1.54, 1.807) is 6.33 Å². The topological polar surface area (TPSA) is 59.7 Å². The van der Waals surface area contributed by atoms with E-state index in [1.165, 1.54) is 5.56 Å². The first-order valence-electron chi connectivity index (χ1n) is 9.22. The second kappa shape index (κ2) is 7.18. The van der Waals surface area contributed by atoms with Crippen LogP contribution in [0.2, 0.25) is 0 Å². The third-order valence-electron chi connectivity index (χ3n) is 4.84. The van der Waals surface area contributed by atoms with Gasteiger partial charge in [0.25, 0.3) is 0 Å². The molecule has 0 saturated carbocycles. The van der Waals surface area contributed by atoms with Gasteiger partial charge in [0.05, 0.1) is 5.92 Å². The molecule has 3 heterocycles. The number of ether oxygens (including phenoxy) is 1. The number of rotatable bonds is 3. The minimum Gasteiger partial charge on any atom is -0.460 e. The van der Waals surface area contributed by atoms with Gasteiger partial charge in [-0.2, -0.15) is 5.10 Å². The van der Waals surface area contributed by atoms with E-state index in [-0.39, 0.29) is 17.9 Å². The van der Waals surface area contributed by atoms with Crippen molar-refractivity contribution in [3.8, 4) is 0 Å². The molecule has 142 valence electrons. The Morgan fingerprint density at radius 1 is 1.42 bits per heavy atom. The number of anilines is 1. The zero-order valence-corrected chi connectivity index (χ0v) is 17.7. The fourth-order valence-electron chi connectivity index (χ4n) is 3.63. The minimum atomic E-state index is -0.440. The molecule has 0 amide bonds. The Labute approximate surface area is 163 Å². The maximum Gasteiger partial charge on any atom is 0.309 e. The fraction of sp³-hybridized carbons (Fsp3) is 0.632. The predicted molar refractivity (Wildman–Crippen MR) is 105 cm³/mol. The number of aromatic nitrogens is 3. The molecular weight excluding hydrogens is 396 g/mol. The molecule has 1 aliphatic heterocycles. The lowest BCUT2D eigenvalue weighted by Gasteiger charge is -2.38. The summed E-state index contributed by atoms with van der Waals surface area (Å²) in [4.78, 5) is 19.3. The van der Waals surface area contributed by atoms with Gasteiger partial charge in [0.15, 0.2) is 5.82 Å². The number of nitrogens with zero attached hydrogens (tertiary/aromatic N) is 4. The third-order valence-corrected chi connectivity index (χ3v) is 5.40. The molecule has 1 aliphatic rings. The van der Waals surface area contributed by atoms with Gasteiger partial charge in [-0.15, -0.1) is 0 Å². The van der Waals surface area contributed by atoms with Crippen molar-refractivity contribution in [3.05, 3.63) is 22.6 Å². The van der Waals surface area contributed by atoms with E-state index in [0.717, 1.165) is 41.7 Å². The Balaban J connectivity index is 1.85. The molecular formula is C19H27BrN4O2. The second-order valence-corrected chi connectivity index (χ2v) is 8.80.